The molecule has 0 radical (unpaired) electrons. The lowest BCUT2D eigenvalue weighted by Crippen LogP contribution is -2.06. The third-order valence-electron chi connectivity index (χ3n) is 3.74. The lowest BCUT2D eigenvalue weighted by molar-refractivity contribution is 0.0991. The van der Waals surface area contributed by atoms with E-state index < -0.39 is 5.82 Å². The molecule has 2 aromatic heterocycles. The monoisotopic (exact) mass is 337 g/mol. The van der Waals surface area contributed by atoms with Crippen LogP contribution in [0.4, 0.5) is 4.39 Å². The third-order valence-corrected chi connectivity index (χ3v) is 3.74. The molecule has 0 saturated heterocycles. The number of rotatable bonds is 5. The van der Waals surface area contributed by atoms with Crippen molar-refractivity contribution in [3.05, 3.63) is 77.4 Å². The van der Waals surface area contributed by atoms with Crippen LogP contribution in [0.1, 0.15) is 27.2 Å². The topological polar surface area (TPSA) is 65.0 Å². The number of pyridine rings is 1. The Hall–Kier alpha value is -3.15. The fraction of sp³-hybridized carbons (Fsp3) is 0.158. The summed E-state index contributed by atoms with van der Waals surface area (Å²) < 4.78 is 19.4. The summed E-state index contributed by atoms with van der Waals surface area (Å²) in [4.78, 5) is 24.4. The standard InChI is InChI=1S/C19H16FN3O2/c1-12-3-16(23-8-13(12)2)7-19(24)14-4-15(20)6-17(5-14)25-18-9-21-11-22-10-18/h3-6,8-11H,7H2,1-2H3. The summed E-state index contributed by atoms with van der Waals surface area (Å²) in [5.41, 5.74) is 3.00. The van der Waals surface area contributed by atoms with Crippen molar-refractivity contribution in [3.63, 3.8) is 0 Å². The predicted molar refractivity (Wildman–Crippen MR) is 90.3 cm³/mol. The van der Waals surface area contributed by atoms with Gasteiger partial charge in [-0.3, -0.25) is 9.78 Å². The molecule has 3 aromatic rings. The van der Waals surface area contributed by atoms with E-state index in [4.69, 9.17) is 4.74 Å². The van der Waals surface area contributed by atoms with Crippen LogP contribution < -0.4 is 4.74 Å². The van der Waals surface area contributed by atoms with Gasteiger partial charge in [0.15, 0.2) is 11.5 Å². The van der Waals surface area contributed by atoms with Crippen molar-refractivity contribution in [2.75, 3.05) is 0 Å². The van der Waals surface area contributed by atoms with Crippen LogP contribution in [0.2, 0.25) is 0 Å². The molecule has 0 unspecified atom stereocenters. The van der Waals surface area contributed by atoms with Gasteiger partial charge in [0, 0.05) is 23.5 Å². The SMILES string of the molecule is Cc1cnc(CC(=O)c2cc(F)cc(Oc3cncnc3)c2)cc1C. The van der Waals surface area contributed by atoms with E-state index in [1.54, 1.807) is 6.20 Å². The average Bonchev–Trinajstić information content (AvgIpc) is 2.58. The molecule has 0 spiro atoms. The van der Waals surface area contributed by atoms with Crippen LogP contribution in [-0.4, -0.2) is 20.7 Å². The fourth-order valence-electron chi connectivity index (χ4n) is 2.30. The first kappa shape index (κ1) is 16.7. The number of carbonyl (C=O) groups is 1. The second-order valence-electron chi connectivity index (χ2n) is 5.71. The molecule has 2 heterocycles. The van der Waals surface area contributed by atoms with Gasteiger partial charge in [-0.1, -0.05) is 0 Å². The van der Waals surface area contributed by atoms with Crippen molar-refractivity contribution in [3.8, 4) is 11.5 Å². The highest BCUT2D eigenvalue weighted by molar-refractivity contribution is 5.97. The molecule has 0 aliphatic heterocycles. The summed E-state index contributed by atoms with van der Waals surface area (Å²) in [7, 11) is 0. The fourth-order valence-corrected chi connectivity index (χ4v) is 2.30. The maximum absolute atomic E-state index is 13.9. The molecule has 0 saturated carbocycles. The zero-order valence-corrected chi connectivity index (χ0v) is 13.9. The third kappa shape index (κ3) is 4.23. The molecule has 0 aliphatic rings. The van der Waals surface area contributed by atoms with E-state index in [1.165, 1.54) is 36.9 Å². The number of ether oxygens (including phenoxy) is 1. The van der Waals surface area contributed by atoms with Crippen molar-refractivity contribution in [1.29, 1.82) is 0 Å². The van der Waals surface area contributed by atoms with Crippen molar-refractivity contribution in [1.82, 2.24) is 15.0 Å². The quantitative estimate of drug-likeness (QED) is 0.662. The molecule has 0 bridgehead atoms. The average molecular weight is 337 g/mol. The van der Waals surface area contributed by atoms with Crippen molar-refractivity contribution < 1.29 is 13.9 Å². The van der Waals surface area contributed by atoms with Crippen LogP contribution >= 0.6 is 0 Å². The van der Waals surface area contributed by atoms with Crippen LogP contribution in [0.5, 0.6) is 11.5 Å². The molecule has 0 fully saturated rings. The maximum Gasteiger partial charge on any atom is 0.169 e. The minimum absolute atomic E-state index is 0.0957. The Morgan fingerprint density at radius 2 is 1.76 bits per heavy atom. The van der Waals surface area contributed by atoms with Gasteiger partial charge in [-0.05, 0) is 43.2 Å². The smallest absolute Gasteiger partial charge is 0.169 e. The van der Waals surface area contributed by atoms with Crippen LogP contribution in [0.15, 0.2) is 49.2 Å². The minimum Gasteiger partial charge on any atom is -0.454 e. The van der Waals surface area contributed by atoms with Gasteiger partial charge >= 0.3 is 0 Å². The zero-order valence-electron chi connectivity index (χ0n) is 13.9. The summed E-state index contributed by atoms with van der Waals surface area (Å²) in [6.07, 6.45) is 6.10. The van der Waals surface area contributed by atoms with Crippen molar-refractivity contribution in [2.24, 2.45) is 0 Å². The Kier molecular flexibility index (Phi) is 4.79. The van der Waals surface area contributed by atoms with E-state index in [-0.39, 0.29) is 23.5 Å². The Balaban J connectivity index is 1.81. The normalized spacial score (nSPS) is 10.5. The van der Waals surface area contributed by atoms with Gasteiger partial charge in [0.1, 0.15) is 17.9 Å². The highest BCUT2D eigenvalue weighted by Crippen LogP contribution is 2.23. The van der Waals surface area contributed by atoms with Gasteiger partial charge in [-0.15, -0.1) is 0 Å². The van der Waals surface area contributed by atoms with Crippen LogP contribution in [-0.2, 0) is 6.42 Å². The van der Waals surface area contributed by atoms with E-state index in [0.29, 0.717) is 11.4 Å². The van der Waals surface area contributed by atoms with E-state index in [1.807, 2.05) is 19.9 Å². The maximum atomic E-state index is 13.9. The molecule has 6 heteroatoms. The summed E-state index contributed by atoms with van der Waals surface area (Å²) in [6.45, 7) is 3.92. The predicted octanol–water partition coefficient (Wildman–Crippen LogP) is 3.85. The summed E-state index contributed by atoms with van der Waals surface area (Å²) in [6, 6.07) is 5.76. The molecule has 5 nitrogen and oxygen atoms in total. The number of hydrogen-bond donors (Lipinski definition) is 0. The Labute approximate surface area is 144 Å². The molecule has 25 heavy (non-hydrogen) atoms. The molecule has 0 amide bonds. The van der Waals surface area contributed by atoms with E-state index >= 15 is 0 Å². The van der Waals surface area contributed by atoms with E-state index in [9.17, 15) is 9.18 Å². The Bertz CT molecular complexity index is 914. The number of ketones is 1. The summed E-state index contributed by atoms with van der Waals surface area (Å²) >= 11 is 0. The minimum atomic E-state index is -0.550. The Morgan fingerprint density at radius 1 is 1.00 bits per heavy atom. The van der Waals surface area contributed by atoms with Gasteiger partial charge in [-0.25, -0.2) is 14.4 Å². The number of halogens is 1. The second-order valence-corrected chi connectivity index (χ2v) is 5.71. The van der Waals surface area contributed by atoms with Gasteiger partial charge in [0.05, 0.1) is 18.8 Å². The lowest BCUT2D eigenvalue weighted by Gasteiger charge is -2.08. The van der Waals surface area contributed by atoms with Crippen LogP contribution in [0.3, 0.4) is 0 Å². The van der Waals surface area contributed by atoms with Gasteiger partial charge in [0.25, 0.3) is 0 Å². The summed E-state index contributed by atoms with van der Waals surface area (Å²) in [5, 5.41) is 0. The molecule has 0 aliphatic carbocycles. The number of aromatic nitrogens is 3. The van der Waals surface area contributed by atoms with Gasteiger partial charge < -0.3 is 4.74 Å². The number of nitrogens with zero attached hydrogens (tertiary/aromatic N) is 3. The van der Waals surface area contributed by atoms with Crippen LogP contribution in [0.25, 0.3) is 0 Å². The number of carbonyl (C=O) groups excluding carboxylic acids is 1. The van der Waals surface area contributed by atoms with E-state index in [0.717, 1.165) is 11.1 Å². The lowest BCUT2D eigenvalue weighted by atomic mass is 10.0. The number of aryl methyl sites for hydroxylation is 2. The Morgan fingerprint density at radius 3 is 2.48 bits per heavy atom. The zero-order chi connectivity index (χ0) is 17.8. The molecular formula is C19H16FN3O2. The second kappa shape index (κ2) is 7.17. The highest BCUT2D eigenvalue weighted by Gasteiger charge is 2.12. The van der Waals surface area contributed by atoms with Crippen LogP contribution in [0, 0.1) is 19.7 Å². The first-order valence-electron chi connectivity index (χ1n) is 7.70. The van der Waals surface area contributed by atoms with Gasteiger partial charge in [-0.2, -0.15) is 0 Å². The first-order chi connectivity index (χ1) is 12.0. The molecule has 126 valence electrons. The summed E-state index contributed by atoms with van der Waals surface area (Å²) in [5.74, 6) is -0.205. The van der Waals surface area contributed by atoms with Crippen molar-refractivity contribution in [2.45, 2.75) is 20.3 Å². The number of benzene rings is 1. The molecule has 0 N–H and O–H groups in total. The molecule has 0 atom stereocenters. The number of hydrogen-bond acceptors (Lipinski definition) is 5. The van der Waals surface area contributed by atoms with Crippen molar-refractivity contribution >= 4 is 5.78 Å². The molecule has 1 aromatic carbocycles. The molecule has 3 rings (SSSR count). The highest BCUT2D eigenvalue weighted by atomic mass is 19.1. The number of Topliss-reactive ketones (excluding diaryl/α,β-unsaturated/α-hetero) is 1. The van der Waals surface area contributed by atoms with Gasteiger partial charge in [0.2, 0.25) is 0 Å². The largest absolute Gasteiger partial charge is 0.454 e. The first-order valence-corrected chi connectivity index (χ1v) is 7.70. The molecular weight excluding hydrogens is 321 g/mol. The van der Waals surface area contributed by atoms with E-state index in [2.05, 4.69) is 15.0 Å².